The van der Waals surface area contributed by atoms with Crippen LogP contribution in [0.3, 0.4) is 0 Å². The normalized spacial score (nSPS) is 18.7. The average Bonchev–Trinajstić information content (AvgIpc) is 3.30. The van der Waals surface area contributed by atoms with Gasteiger partial charge >= 0.3 is 0 Å². The molecule has 33 heavy (non-hydrogen) atoms. The first-order chi connectivity index (χ1) is 16.1. The van der Waals surface area contributed by atoms with E-state index in [-0.39, 0.29) is 11.9 Å². The number of rotatable bonds is 7. The summed E-state index contributed by atoms with van der Waals surface area (Å²) in [6.45, 7) is 11.0. The number of piperazine rings is 1. The Labute approximate surface area is 200 Å². The van der Waals surface area contributed by atoms with Crippen molar-refractivity contribution in [3.63, 3.8) is 0 Å². The van der Waals surface area contributed by atoms with Crippen LogP contribution in [0.4, 0.5) is 11.8 Å². The second-order valence-corrected chi connectivity index (χ2v) is 8.82. The highest BCUT2D eigenvalue weighted by atomic mass is 35.5. The van der Waals surface area contributed by atoms with Gasteiger partial charge in [0, 0.05) is 55.9 Å². The van der Waals surface area contributed by atoms with Crippen LogP contribution in [0.2, 0.25) is 5.02 Å². The zero-order valence-electron chi connectivity index (χ0n) is 19.1. The molecule has 1 amide bonds. The summed E-state index contributed by atoms with van der Waals surface area (Å²) in [5.74, 6) is 1.63. The third-order valence-electron chi connectivity index (χ3n) is 6.04. The molecule has 0 aliphatic carbocycles. The van der Waals surface area contributed by atoms with E-state index in [1.807, 2.05) is 54.3 Å². The highest BCUT2D eigenvalue weighted by Gasteiger charge is 2.27. The minimum atomic E-state index is 0.114. The standard InChI is InChI=1S/C25H31ClN6O/c1-3-5-22-21(4-2)24(31-14-11-27-12-15-31)30-25(29-22)28-20-10-13-32(17-20)23(33)16-18-6-8-19(26)9-7-18/h3-9,20,27H,2,10-17H2,1H3,(H,28,29,30)/b5-3-. The molecule has 1 atom stereocenters. The van der Waals surface area contributed by atoms with Crippen molar-refractivity contribution in [2.45, 2.75) is 25.8 Å². The summed E-state index contributed by atoms with van der Waals surface area (Å²) in [6.07, 6.45) is 7.05. The number of allylic oxidation sites excluding steroid dienone is 1. The number of hydrogen-bond donors (Lipinski definition) is 2. The first kappa shape index (κ1) is 23.3. The summed E-state index contributed by atoms with van der Waals surface area (Å²) in [5.41, 5.74) is 2.78. The largest absolute Gasteiger partial charge is 0.353 e. The topological polar surface area (TPSA) is 73.4 Å². The van der Waals surface area contributed by atoms with Crippen molar-refractivity contribution in [1.29, 1.82) is 0 Å². The number of carbonyl (C=O) groups is 1. The smallest absolute Gasteiger partial charge is 0.227 e. The van der Waals surface area contributed by atoms with Gasteiger partial charge in [0.25, 0.3) is 0 Å². The quantitative estimate of drug-likeness (QED) is 0.651. The molecule has 0 radical (unpaired) electrons. The van der Waals surface area contributed by atoms with Gasteiger partial charge in [0.2, 0.25) is 11.9 Å². The summed E-state index contributed by atoms with van der Waals surface area (Å²) in [6, 6.07) is 7.56. The Kier molecular flexibility index (Phi) is 7.62. The Bertz CT molecular complexity index is 1020. The number of halogens is 1. The summed E-state index contributed by atoms with van der Waals surface area (Å²) in [5, 5.41) is 7.55. The maximum Gasteiger partial charge on any atom is 0.227 e. The first-order valence-electron chi connectivity index (χ1n) is 11.5. The van der Waals surface area contributed by atoms with E-state index in [1.54, 1.807) is 0 Å². The van der Waals surface area contributed by atoms with Crippen LogP contribution in [-0.2, 0) is 11.2 Å². The van der Waals surface area contributed by atoms with Gasteiger partial charge in [-0.05, 0) is 37.1 Å². The number of anilines is 2. The molecule has 1 aromatic heterocycles. The number of carbonyl (C=O) groups excluding carboxylic acids is 1. The summed E-state index contributed by atoms with van der Waals surface area (Å²) >= 11 is 5.95. The zero-order chi connectivity index (χ0) is 23.2. The lowest BCUT2D eigenvalue weighted by atomic mass is 10.1. The number of amides is 1. The van der Waals surface area contributed by atoms with E-state index < -0.39 is 0 Å². The molecule has 0 spiro atoms. The number of nitrogens with one attached hydrogen (secondary N) is 2. The van der Waals surface area contributed by atoms with Crippen molar-refractivity contribution in [3.05, 3.63) is 58.8 Å². The fraction of sp³-hybridized carbons (Fsp3) is 0.400. The number of nitrogens with zero attached hydrogens (tertiary/aromatic N) is 4. The van der Waals surface area contributed by atoms with Gasteiger partial charge in [-0.2, -0.15) is 4.98 Å². The fourth-order valence-corrected chi connectivity index (χ4v) is 4.44. The Morgan fingerprint density at radius 2 is 2.00 bits per heavy atom. The van der Waals surface area contributed by atoms with Gasteiger partial charge in [0.1, 0.15) is 5.82 Å². The van der Waals surface area contributed by atoms with E-state index in [1.165, 1.54) is 0 Å². The SMILES string of the molecule is C=Cc1c(/C=C\C)nc(NC2CCN(C(=O)Cc3ccc(Cl)cc3)C2)nc1N1CCNCC1. The molecule has 8 heteroatoms. The summed E-state index contributed by atoms with van der Waals surface area (Å²) < 4.78 is 0. The van der Waals surface area contributed by atoms with Gasteiger partial charge < -0.3 is 20.4 Å². The molecule has 2 N–H and O–H groups in total. The maximum absolute atomic E-state index is 12.8. The molecule has 0 bridgehead atoms. The van der Waals surface area contributed by atoms with Crippen LogP contribution in [0, 0.1) is 0 Å². The highest BCUT2D eigenvalue weighted by Crippen LogP contribution is 2.26. The molecular weight excluding hydrogens is 436 g/mol. The van der Waals surface area contributed by atoms with Gasteiger partial charge in [0.05, 0.1) is 12.1 Å². The molecule has 1 aromatic carbocycles. The minimum Gasteiger partial charge on any atom is -0.353 e. The van der Waals surface area contributed by atoms with E-state index in [0.717, 1.165) is 61.8 Å². The highest BCUT2D eigenvalue weighted by molar-refractivity contribution is 6.30. The fourth-order valence-electron chi connectivity index (χ4n) is 4.31. The van der Waals surface area contributed by atoms with Crippen molar-refractivity contribution in [1.82, 2.24) is 20.2 Å². The van der Waals surface area contributed by atoms with E-state index in [0.29, 0.717) is 23.9 Å². The monoisotopic (exact) mass is 466 g/mol. The lowest BCUT2D eigenvalue weighted by Gasteiger charge is -2.30. The second-order valence-electron chi connectivity index (χ2n) is 8.38. The zero-order valence-corrected chi connectivity index (χ0v) is 19.8. The lowest BCUT2D eigenvalue weighted by molar-refractivity contribution is -0.129. The molecule has 1 unspecified atom stereocenters. The third kappa shape index (κ3) is 5.72. The molecule has 2 aliphatic rings. The average molecular weight is 467 g/mol. The second kappa shape index (κ2) is 10.8. The summed E-state index contributed by atoms with van der Waals surface area (Å²) in [7, 11) is 0. The molecule has 2 saturated heterocycles. The Hall–Kier alpha value is -2.90. The van der Waals surface area contributed by atoms with Crippen LogP contribution in [0.15, 0.2) is 36.9 Å². The van der Waals surface area contributed by atoms with Crippen molar-refractivity contribution >= 4 is 41.4 Å². The molecule has 0 saturated carbocycles. The number of aromatic nitrogens is 2. The molecular formula is C25H31ClN6O. The Morgan fingerprint density at radius 3 is 2.70 bits per heavy atom. The van der Waals surface area contributed by atoms with Gasteiger partial charge in [-0.3, -0.25) is 4.79 Å². The number of hydrogen-bond acceptors (Lipinski definition) is 6. The molecule has 2 aliphatic heterocycles. The van der Waals surface area contributed by atoms with Gasteiger partial charge in [0.15, 0.2) is 0 Å². The van der Waals surface area contributed by atoms with Crippen LogP contribution in [0.25, 0.3) is 12.2 Å². The van der Waals surface area contributed by atoms with Crippen molar-refractivity contribution < 1.29 is 4.79 Å². The first-order valence-corrected chi connectivity index (χ1v) is 11.9. The molecule has 2 fully saturated rings. The molecule has 2 aromatic rings. The van der Waals surface area contributed by atoms with Crippen LogP contribution in [-0.4, -0.2) is 66.1 Å². The molecule has 7 nitrogen and oxygen atoms in total. The lowest BCUT2D eigenvalue weighted by Crippen LogP contribution is -2.44. The van der Waals surface area contributed by atoms with Crippen molar-refractivity contribution in [2.75, 3.05) is 49.5 Å². The molecule has 4 rings (SSSR count). The Balaban J connectivity index is 1.46. The van der Waals surface area contributed by atoms with Crippen LogP contribution in [0.5, 0.6) is 0 Å². The number of benzene rings is 1. The molecule has 174 valence electrons. The predicted octanol–water partition coefficient (Wildman–Crippen LogP) is 3.47. The maximum atomic E-state index is 12.8. The van der Waals surface area contributed by atoms with Crippen LogP contribution < -0.4 is 15.5 Å². The van der Waals surface area contributed by atoms with Gasteiger partial charge in [-0.25, -0.2) is 4.98 Å². The number of likely N-dealkylation sites (tertiary alicyclic amines) is 1. The Morgan fingerprint density at radius 1 is 1.24 bits per heavy atom. The van der Waals surface area contributed by atoms with Crippen molar-refractivity contribution in [2.24, 2.45) is 0 Å². The summed E-state index contributed by atoms with van der Waals surface area (Å²) in [4.78, 5) is 26.6. The molecule has 3 heterocycles. The van der Waals surface area contributed by atoms with Crippen LogP contribution >= 0.6 is 11.6 Å². The van der Waals surface area contributed by atoms with E-state index in [9.17, 15) is 4.79 Å². The van der Waals surface area contributed by atoms with E-state index in [2.05, 4.69) is 22.1 Å². The predicted molar refractivity (Wildman–Crippen MR) is 136 cm³/mol. The van der Waals surface area contributed by atoms with Crippen LogP contribution in [0.1, 0.15) is 30.2 Å². The van der Waals surface area contributed by atoms with E-state index in [4.69, 9.17) is 21.6 Å². The van der Waals surface area contributed by atoms with Crippen molar-refractivity contribution in [3.8, 4) is 0 Å². The third-order valence-corrected chi connectivity index (χ3v) is 6.29. The minimum absolute atomic E-state index is 0.114. The van der Waals surface area contributed by atoms with Gasteiger partial charge in [-0.15, -0.1) is 0 Å². The van der Waals surface area contributed by atoms with E-state index >= 15 is 0 Å². The van der Waals surface area contributed by atoms with Gasteiger partial charge in [-0.1, -0.05) is 42.5 Å².